The van der Waals surface area contributed by atoms with Crippen molar-refractivity contribution < 1.29 is 14.3 Å². The summed E-state index contributed by atoms with van der Waals surface area (Å²) in [5.41, 5.74) is 7.51. The number of hydrogen-bond donors (Lipinski definition) is 3. The van der Waals surface area contributed by atoms with Gasteiger partial charge in [0.2, 0.25) is 0 Å². The van der Waals surface area contributed by atoms with Gasteiger partial charge in [0.05, 0.1) is 17.8 Å². The monoisotopic (exact) mass is 430 g/mol. The number of fused-ring (bicyclic) bond motifs is 1. The van der Waals surface area contributed by atoms with Crippen molar-refractivity contribution in [2.45, 2.75) is 25.5 Å². The summed E-state index contributed by atoms with van der Waals surface area (Å²) in [6.45, 7) is 0.352. The maximum atomic E-state index is 12.0. The minimum Gasteiger partial charge on any atom is -0.443 e. The van der Waals surface area contributed by atoms with Gasteiger partial charge < -0.3 is 21.1 Å². The summed E-state index contributed by atoms with van der Waals surface area (Å²) in [4.78, 5) is 27.5. The number of urea groups is 1. The van der Waals surface area contributed by atoms with Gasteiger partial charge in [0.25, 0.3) is 0 Å². The van der Waals surface area contributed by atoms with E-state index in [4.69, 9.17) is 22.1 Å². The normalized spacial score (nSPS) is 11.8. The van der Waals surface area contributed by atoms with Crippen LogP contribution in [0.15, 0.2) is 42.6 Å². The van der Waals surface area contributed by atoms with Crippen molar-refractivity contribution >= 4 is 34.6 Å². The number of ether oxygens (including phenoxy) is 1. The Morgan fingerprint density at radius 3 is 2.80 bits per heavy atom. The minimum atomic E-state index is -0.591. The molecule has 0 saturated heterocycles. The van der Waals surface area contributed by atoms with Gasteiger partial charge in [-0.05, 0) is 24.5 Å². The molecule has 9 nitrogen and oxygen atoms in total. The van der Waals surface area contributed by atoms with Crippen LogP contribution in [0.4, 0.5) is 9.59 Å². The summed E-state index contributed by atoms with van der Waals surface area (Å²) in [6.07, 6.45) is 2.34. The number of nitrogens with zero attached hydrogens (tertiary/aromatic N) is 3. The summed E-state index contributed by atoms with van der Waals surface area (Å²) in [6, 6.07) is 10.4. The second-order valence-corrected chi connectivity index (χ2v) is 7.10. The van der Waals surface area contributed by atoms with Gasteiger partial charge in [-0.2, -0.15) is 5.10 Å². The molecule has 10 heteroatoms. The number of carbonyl (C=O) groups is 2. The molecule has 4 N–H and O–H groups in total. The van der Waals surface area contributed by atoms with Gasteiger partial charge in [0.1, 0.15) is 17.5 Å². The van der Waals surface area contributed by atoms with Crippen LogP contribution in [-0.4, -0.2) is 33.4 Å². The van der Waals surface area contributed by atoms with Crippen molar-refractivity contribution in [3.8, 4) is 0 Å². The SMILES string of the molecule is Cn1ncc2cc(Cl)nc(COC(=O)NCCCC(NC(N)=O)c3ccccc3)c21. The fourth-order valence-electron chi connectivity index (χ4n) is 3.22. The van der Waals surface area contributed by atoms with E-state index in [9.17, 15) is 9.59 Å². The summed E-state index contributed by atoms with van der Waals surface area (Å²) < 4.78 is 6.93. The average molecular weight is 431 g/mol. The predicted octanol–water partition coefficient (Wildman–Crippen LogP) is 3.04. The third kappa shape index (κ3) is 5.60. The number of benzene rings is 1. The molecule has 0 aliphatic carbocycles. The number of alkyl carbamates (subject to hydrolysis) is 1. The van der Waals surface area contributed by atoms with Crippen molar-refractivity contribution in [2.75, 3.05) is 6.54 Å². The molecule has 0 radical (unpaired) electrons. The number of nitrogens with two attached hydrogens (primary N) is 1. The average Bonchev–Trinajstić information content (AvgIpc) is 3.09. The molecule has 2 aromatic heterocycles. The highest BCUT2D eigenvalue weighted by Crippen LogP contribution is 2.21. The summed E-state index contributed by atoms with van der Waals surface area (Å²) in [7, 11) is 1.78. The van der Waals surface area contributed by atoms with E-state index < -0.39 is 12.1 Å². The molecule has 0 aliphatic heterocycles. The number of nitrogens with one attached hydrogen (secondary N) is 2. The van der Waals surface area contributed by atoms with Gasteiger partial charge in [-0.15, -0.1) is 0 Å². The molecule has 3 amide bonds. The number of aryl methyl sites for hydroxylation is 1. The predicted molar refractivity (Wildman–Crippen MR) is 113 cm³/mol. The first-order valence-corrected chi connectivity index (χ1v) is 9.80. The highest BCUT2D eigenvalue weighted by Gasteiger charge is 2.14. The number of carbonyl (C=O) groups excluding carboxylic acids is 2. The summed E-state index contributed by atoms with van der Waals surface area (Å²) in [5, 5.41) is 10.7. The maximum absolute atomic E-state index is 12.0. The van der Waals surface area contributed by atoms with Gasteiger partial charge in [-0.1, -0.05) is 41.9 Å². The van der Waals surface area contributed by atoms with Gasteiger partial charge >= 0.3 is 12.1 Å². The van der Waals surface area contributed by atoms with Gasteiger partial charge in [0, 0.05) is 19.0 Å². The van der Waals surface area contributed by atoms with Crippen LogP contribution < -0.4 is 16.4 Å². The van der Waals surface area contributed by atoms with Crippen LogP contribution >= 0.6 is 11.6 Å². The van der Waals surface area contributed by atoms with Crippen LogP contribution in [0.3, 0.4) is 0 Å². The van der Waals surface area contributed by atoms with E-state index >= 15 is 0 Å². The summed E-state index contributed by atoms with van der Waals surface area (Å²) >= 11 is 6.02. The Kier molecular flexibility index (Phi) is 7.08. The lowest BCUT2D eigenvalue weighted by Gasteiger charge is -2.18. The van der Waals surface area contributed by atoms with Crippen molar-refractivity contribution in [3.05, 3.63) is 59.0 Å². The molecule has 3 aromatic rings. The Balaban J connectivity index is 1.48. The highest BCUT2D eigenvalue weighted by molar-refractivity contribution is 6.30. The Morgan fingerprint density at radius 1 is 1.30 bits per heavy atom. The van der Waals surface area contributed by atoms with Gasteiger partial charge in [0.15, 0.2) is 0 Å². The highest BCUT2D eigenvalue weighted by atomic mass is 35.5. The van der Waals surface area contributed by atoms with Crippen molar-refractivity contribution in [1.29, 1.82) is 0 Å². The summed E-state index contributed by atoms with van der Waals surface area (Å²) in [5.74, 6) is 0. The molecule has 2 heterocycles. The Bertz CT molecular complexity index is 1020. The van der Waals surface area contributed by atoms with Crippen molar-refractivity contribution in [3.63, 3.8) is 0 Å². The zero-order valence-corrected chi connectivity index (χ0v) is 17.2. The Labute approximate surface area is 178 Å². The maximum Gasteiger partial charge on any atom is 0.407 e. The topological polar surface area (TPSA) is 124 Å². The first kappa shape index (κ1) is 21.4. The van der Waals surface area contributed by atoms with Crippen LogP contribution in [0.25, 0.3) is 10.9 Å². The van der Waals surface area contributed by atoms with Gasteiger partial charge in [-0.3, -0.25) is 4.68 Å². The van der Waals surface area contributed by atoms with Crippen LogP contribution in [-0.2, 0) is 18.4 Å². The molecular weight excluding hydrogens is 408 g/mol. The quantitative estimate of drug-likeness (QED) is 0.374. The van der Waals surface area contributed by atoms with E-state index in [1.807, 2.05) is 30.3 Å². The number of rotatable bonds is 8. The third-order valence-electron chi connectivity index (χ3n) is 4.55. The molecule has 30 heavy (non-hydrogen) atoms. The number of aromatic nitrogens is 3. The molecular formula is C20H23ClN6O3. The fourth-order valence-corrected chi connectivity index (χ4v) is 3.44. The minimum absolute atomic E-state index is 0.0295. The smallest absolute Gasteiger partial charge is 0.407 e. The first-order chi connectivity index (χ1) is 14.4. The van der Waals surface area contributed by atoms with Crippen LogP contribution in [0.2, 0.25) is 5.15 Å². The molecule has 3 rings (SSSR count). The number of pyridine rings is 1. The zero-order chi connectivity index (χ0) is 21.5. The number of hydrogen-bond acceptors (Lipinski definition) is 5. The Hall–Kier alpha value is -3.33. The van der Waals surface area contributed by atoms with E-state index in [0.717, 1.165) is 16.5 Å². The Morgan fingerprint density at radius 2 is 2.07 bits per heavy atom. The number of halogens is 1. The largest absolute Gasteiger partial charge is 0.443 e. The molecule has 0 saturated carbocycles. The van der Waals surface area contributed by atoms with E-state index in [-0.39, 0.29) is 12.6 Å². The number of primary amides is 1. The van der Waals surface area contributed by atoms with Crippen molar-refractivity contribution in [1.82, 2.24) is 25.4 Å². The molecule has 158 valence electrons. The lowest BCUT2D eigenvalue weighted by molar-refractivity contribution is 0.138. The van der Waals surface area contributed by atoms with E-state index in [0.29, 0.717) is 30.2 Å². The van der Waals surface area contributed by atoms with E-state index in [2.05, 4.69) is 20.7 Å². The number of amides is 3. The van der Waals surface area contributed by atoms with Crippen LogP contribution in [0.5, 0.6) is 0 Å². The first-order valence-electron chi connectivity index (χ1n) is 9.42. The fraction of sp³-hybridized carbons (Fsp3) is 0.300. The molecule has 0 spiro atoms. The van der Waals surface area contributed by atoms with Crippen molar-refractivity contribution in [2.24, 2.45) is 12.8 Å². The third-order valence-corrected chi connectivity index (χ3v) is 4.75. The second kappa shape index (κ2) is 9.93. The molecule has 1 aromatic carbocycles. The molecule has 1 unspecified atom stereocenters. The zero-order valence-electron chi connectivity index (χ0n) is 16.5. The standard InChI is InChI=1S/C20H23ClN6O3/c1-27-18-14(11-24-27)10-17(21)25-16(18)12-30-20(29)23-9-5-8-15(26-19(22)28)13-6-3-2-4-7-13/h2-4,6-7,10-11,15H,5,8-9,12H2,1H3,(H,23,29)(H3,22,26,28). The second-order valence-electron chi connectivity index (χ2n) is 6.71. The molecule has 0 aliphatic rings. The lowest BCUT2D eigenvalue weighted by Crippen LogP contribution is -2.34. The van der Waals surface area contributed by atoms with Crippen LogP contribution in [0.1, 0.15) is 30.1 Å². The van der Waals surface area contributed by atoms with Crippen LogP contribution in [0, 0.1) is 0 Å². The van der Waals surface area contributed by atoms with E-state index in [1.54, 1.807) is 24.0 Å². The van der Waals surface area contributed by atoms with E-state index in [1.165, 1.54) is 0 Å². The molecule has 0 fully saturated rings. The molecule has 0 bridgehead atoms. The molecule has 1 atom stereocenters. The lowest BCUT2D eigenvalue weighted by atomic mass is 10.0. The van der Waals surface area contributed by atoms with Gasteiger partial charge in [-0.25, -0.2) is 14.6 Å².